The van der Waals surface area contributed by atoms with Crippen LogP contribution in [-0.2, 0) is 4.74 Å². The van der Waals surface area contributed by atoms with E-state index >= 15 is 0 Å². The monoisotopic (exact) mass is 254 g/mol. The van der Waals surface area contributed by atoms with Crippen molar-refractivity contribution in [1.29, 1.82) is 0 Å². The Labute approximate surface area is 115 Å². The van der Waals surface area contributed by atoms with Crippen LogP contribution < -0.4 is 0 Å². The first-order chi connectivity index (χ1) is 8.85. The summed E-state index contributed by atoms with van der Waals surface area (Å²) in [7, 11) is 0. The van der Waals surface area contributed by atoms with Crippen LogP contribution in [0.3, 0.4) is 0 Å². The fourth-order valence-electron chi connectivity index (χ4n) is 1.99. The third kappa shape index (κ3) is 12.2. The molecule has 1 heteroatoms. The molecule has 0 fully saturated rings. The average Bonchev–Trinajstić information content (AvgIpc) is 2.40. The summed E-state index contributed by atoms with van der Waals surface area (Å²) >= 11 is 0. The van der Waals surface area contributed by atoms with Crippen molar-refractivity contribution in [3.8, 4) is 0 Å². The smallest absolute Gasteiger partial charge is 0.0572 e. The van der Waals surface area contributed by atoms with Crippen molar-refractivity contribution in [1.82, 2.24) is 0 Å². The van der Waals surface area contributed by atoms with Gasteiger partial charge in [-0.25, -0.2) is 0 Å². The molecule has 1 nitrogen and oxygen atoms in total. The molecule has 108 valence electrons. The average molecular weight is 254 g/mol. The Morgan fingerprint density at radius 1 is 0.833 bits per heavy atom. The minimum atomic E-state index is 0.501. The standard InChI is InChI=1S/C17H34O/c1-4-7-9-10-11-12-13-14-15-17(6-3)18-16-8-5-2/h10-11,17H,4-9,12-16H2,1-3H3/b11-10-. The molecule has 0 spiro atoms. The van der Waals surface area contributed by atoms with E-state index < -0.39 is 0 Å². The molecule has 1 atom stereocenters. The molecule has 0 aromatic rings. The zero-order chi connectivity index (χ0) is 13.5. The topological polar surface area (TPSA) is 9.23 Å². The summed E-state index contributed by atoms with van der Waals surface area (Å²) in [6, 6.07) is 0. The molecule has 0 aromatic heterocycles. The number of ether oxygens (including phenoxy) is 1. The molecule has 0 aromatic carbocycles. The number of hydrogen-bond donors (Lipinski definition) is 0. The number of unbranched alkanes of at least 4 members (excludes halogenated alkanes) is 5. The van der Waals surface area contributed by atoms with Crippen LogP contribution in [0, 0.1) is 0 Å². The van der Waals surface area contributed by atoms with Crippen LogP contribution >= 0.6 is 0 Å². The lowest BCUT2D eigenvalue weighted by Crippen LogP contribution is -2.12. The van der Waals surface area contributed by atoms with Crippen molar-refractivity contribution in [2.75, 3.05) is 6.61 Å². The Kier molecular flexibility index (Phi) is 14.5. The van der Waals surface area contributed by atoms with E-state index in [1.54, 1.807) is 0 Å². The molecule has 0 saturated heterocycles. The number of hydrogen-bond acceptors (Lipinski definition) is 1. The van der Waals surface area contributed by atoms with Crippen LogP contribution in [0.1, 0.15) is 85.0 Å². The van der Waals surface area contributed by atoms with E-state index in [0.29, 0.717) is 6.10 Å². The van der Waals surface area contributed by atoms with Gasteiger partial charge in [0.25, 0.3) is 0 Å². The first-order valence-corrected chi connectivity index (χ1v) is 8.11. The predicted octanol–water partition coefficient (Wildman–Crippen LogP) is 5.89. The Morgan fingerprint density at radius 2 is 1.50 bits per heavy atom. The lowest BCUT2D eigenvalue weighted by molar-refractivity contribution is 0.0416. The normalized spacial score (nSPS) is 13.3. The first-order valence-electron chi connectivity index (χ1n) is 8.11. The highest BCUT2D eigenvalue weighted by Gasteiger charge is 2.05. The van der Waals surface area contributed by atoms with Crippen molar-refractivity contribution in [3.63, 3.8) is 0 Å². The summed E-state index contributed by atoms with van der Waals surface area (Å²) in [5.74, 6) is 0. The second kappa shape index (κ2) is 14.8. The van der Waals surface area contributed by atoms with E-state index in [0.717, 1.165) is 13.0 Å². The molecule has 0 aliphatic carbocycles. The van der Waals surface area contributed by atoms with E-state index in [4.69, 9.17) is 4.74 Å². The SMILES string of the molecule is CCCC/C=C\CCCCC(CC)OCCCC. The van der Waals surface area contributed by atoms with Crippen molar-refractivity contribution < 1.29 is 4.74 Å². The molecule has 0 rings (SSSR count). The van der Waals surface area contributed by atoms with Crippen molar-refractivity contribution in [3.05, 3.63) is 12.2 Å². The molecule has 0 saturated carbocycles. The molecular formula is C17H34O. The van der Waals surface area contributed by atoms with Gasteiger partial charge < -0.3 is 4.74 Å². The highest BCUT2D eigenvalue weighted by Crippen LogP contribution is 2.11. The van der Waals surface area contributed by atoms with Gasteiger partial charge in [0.1, 0.15) is 0 Å². The summed E-state index contributed by atoms with van der Waals surface area (Å²) in [4.78, 5) is 0. The van der Waals surface area contributed by atoms with Crippen molar-refractivity contribution >= 4 is 0 Å². The Morgan fingerprint density at radius 3 is 2.11 bits per heavy atom. The summed E-state index contributed by atoms with van der Waals surface area (Å²) in [6.45, 7) is 7.65. The lowest BCUT2D eigenvalue weighted by Gasteiger charge is -2.15. The van der Waals surface area contributed by atoms with Gasteiger partial charge in [-0.3, -0.25) is 0 Å². The number of allylic oxidation sites excluding steroid dienone is 2. The van der Waals surface area contributed by atoms with Crippen molar-refractivity contribution in [2.24, 2.45) is 0 Å². The Hall–Kier alpha value is -0.300. The lowest BCUT2D eigenvalue weighted by atomic mass is 10.1. The Bertz CT molecular complexity index is 174. The molecule has 0 N–H and O–H groups in total. The van der Waals surface area contributed by atoms with Gasteiger partial charge in [0.2, 0.25) is 0 Å². The molecule has 0 radical (unpaired) electrons. The van der Waals surface area contributed by atoms with Crippen LogP contribution in [0.2, 0.25) is 0 Å². The number of rotatable bonds is 13. The zero-order valence-electron chi connectivity index (χ0n) is 12.9. The van der Waals surface area contributed by atoms with Gasteiger partial charge in [-0.1, -0.05) is 58.6 Å². The fourth-order valence-corrected chi connectivity index (χ4v) is 1.99. The van der Waals surface area contributed by atoms with Gasteiger partial charge in [-0.05, 0) is 38.5 Å². The van der Waals surface area contributed by atoms with E-state index in [2.05, 4.69) is 32.9 Å². The predicted molar refractivity (Wildman–Crippen MR) is 82.1 cm³/mol. The second-order valence-corrected chi connectivity index (χ2v) is 5.15. The van der Waals surface area contributed by atoms with E-state index in [9.17, 15) is 0 Å². The van der Waals surface area contributed by atoms with Gasteiger partial charge in [-0.15, -0.1) is 0 Å². The second-order valence-electron chi connectivity index (χ2n) is 5.15. The molecule has 1 unspecified atom stereocenters. The maximum atomic E-state index is 5.87. The molecule has 0 heterocycles. The third-order valence-electron chi connectivity index (χ3n) is 3.34. The molecule has 0 amide bonds. The van der Waals surface area contributed by atoms with Gasteiger partial charge >= 0.3 is 0 Å². The first kappa shape index (κ1) is 17.7. The molecule has 0 bridgehead atoms. The quantitative estimate of drug-likeness (QED) is 0.294. The maximum absolute atomic E-state index is 5.87. The summed E-state index contributed by atoms with van der Waals surface area (Å²) in [5.41, 5.74) is 0. The van der Waals surface area contributed by atoms with Crippen molar-refractivity contribution in [2.45, 2.75) is 91.1 Å². The van der Waals surface area contributed by atoms with Crippen LogP contribution in [0.25, 0.3) is 0 Å². The molecule has 18 heavy (non-hydrogen) atoms. The summed E-state index contributed by atoms with van der Waals surface area (Å²) < 4.78 is 5.87. The molecule has 0 aliphatic rings. The van der Waals surface area contributed by atoms with E-state index in [1.165, 1.54) is 57.8 Å². The minimum absolute atomic E-state index is 0.501. The fraction of sp³-hybridized carbons (Fsp3) is 0.882. The van der Waals surface area contributed by atoms with Crippen LogP contribution in [0.4, 0.5) is 0 Å². The van der Waals surface area contributed by atoms with E-state index in [1.807, 2.05) is 0 Å². The van der Waals surface area contributed by atoms with Gasteiger partial charge in [0.05, 0.1) is 6.10 Å². The van der Waals surface area contributed by atoms with Gasteiger partial charge in [0, 0.05) is 6.61 Å². The maximum Gasteiger partial charge on any atom is 0.0572 e. The van der Waals surface area contributed by atoms with Crippen LogP contribution in [-0.4, -0.2) is 12.7 Å². The van der Waals surface area contributed by atoms with Crippen LogP contribution in [0.5, 0.6) is 0 Å². The summed E-state index contributed by atoms with van der Waals surface area (Å²) in [5, 5.41) is 0. The highest BCUT2D eigenvalue weighted by molar-refractivity contribution is 4.81. The largest absolute Gasteiger partial charge is 0.378 e. The van der Waals surface area contributed by atoms with E-state index in [-0.39, 0.29) is 0 Å². The molecule has 0 aliphatic heterocycles. The highest BCUT2D eigenvalue weighted by atomic mass is 16.5. The molecular weight excluding hydrogens is 220 g/mol. The summed E-state index contributed by atoms with van der Waals surface area (Å²) in [6.07, 6.45) is 17.8. The third-order valence-corrected chi connectivity index (χ3v) is 3.34. The van der Waals surface area contributed by atoms with Gasteiger partial charge in [0.15, 0.2) is 0 Å². The minimum Gasteiger partial charge on any atom is -0.378 e. The Balaban J connectivity index is 3.35. The van der Waals surface area contributed by atoms with Gasteiger partial charge in [-0.2, -0.15) is 0 Å². The van der Waals surface area contributed by atoms with Crippen LogP contribution in [0.15, 0.2) is 12.2 Å². The zero-order valence-corrected chi connectivity index (χ0v) is 12.9.